The third-order valence-corrected chi connectivity index (χ3v) is 8.81. The summed E-state index contributed by atoms with van der Waals surface area (Å²) < 4.78 is 27.8. The van der Waals surface area contributed by atoms with E-state index in [9.17, 15) is 13.2 Å². The summed E-state index contributed by atoms with van der Waals surface area (Å²) >= 11 is 1.69. The van der Waals surface area contributed by atoms with E-state index < -0.39 is 10.0 Å². The fourth-order valence-corrected chi connectivity index (χ4v) is 6.35. The lowest BCUT2D eigenvalue weighted by molar-refractivity contribution is 0.0698. The molecule has 8 nitrogen and oxygen atoms in total. The predicted octanol–water partition coefficient (Wildman–Crippen LogP) is 3.40. The van der Waals surface area contributed by atoms with Crippen LogP contribution in [0.2, 0.25) is 0 Å². The number of nitrogens with one attached hydrogen (secondary N) is 1. The Morgan fingerprint density at radius 3 is 2.50 bits per heavy atom. The van der Waals surface area contributed by atoms with E-state index in [1.807, 2.05) is 42.6 Å². The van der Waals surface area contributed by atoms with Gasteiger partial charge in [-0.15, -0.1) is 11.8 Å². The van der Waals surface area contributed by atoms with Crippen molar-refractivity contribution in [2.45, 2.75) is 15.5 Å². The maximum Gasteiger partial charge on any atom is 0.253 e. The predicted molar refractivity (Wildman–Crippen MR) is 131 cm³/mol. The minimum absolute atomic E-state index is 0.0860. The number of pyridine rings is 2. The number of aromatic amines is 1. The van der Waals surface area contributed by atoms with Gasteiger partial charge in [-0.05, 0) is 48.0 Å². The molecule has 1 fully saturated rings. The van der Waals surface area contributed by atoms with Crippen LogP contribution in [0.15, 0.2) is 83.1 Å². The number of nitrogens with zero attached hydrogens (tertiary/aromatic N) is 4. The van der Waals surface area contributed by atoms with E-state index in [4.69, 9.17) is 0 Å². The molecule has 4 aromatic rings. The Bertz CT molecular complexity index is 1400. The van der Waals surface area contributed by atoms with Gasteiger partial charge in [0.25, 0.3) is 5.91 Å². The average Bonchev–Trinajstić information content (AvgIpc) is 3.33. The third-order valence-electron chi connectivity index (χ3n) is 5.79. The Morgan fingerprint density at radius 2 is 1.76 bits per heavy atom. The Kier molecular flexibility index (Phi) is 6.36. The van der Waals surface area contributed by atoms with Crippen LogP contribution in [-0.4, -0.2) is 64.7 Å². The highest BCUT2D eigenvalue weighted by atomic mass is 32.2. The van der Waals surface area contributed by atoms with Crippen molar-refractivity contribution in [1.82, 2.24) is 24.2 Å². The van der Waals surface area contributed by atoms with Gasteiger partial charge in [0.2, 0.25) is 10.0 Å². The topological polar surface area (TPSA) is 99.3 Å². The van der Waals surface area contributed by atoms with E-state index in [1.165, 1.54) is 10.5 Å². The molecule has 0 bridgehead atoms. The van der Waals surface area contributed by atoms with Crippen molar-refractivity contribution in [2.75, 3.05) is 26.2 Å². The molecule has 174 valence electrons. The lowest BCUT2D eigenvalue weighted by atomic mass is 10.2. The van der Waals surface area contributed by atoms with Crippen molar-refractivity contribution in [3.63, 3.8) is 0 Å². The van der Waals surface area contributed by atoms with Crippen molar-refractivity contribution in [1.29, 1.82) is 0 Å². The van der Waals surface area contributed by atoms with Gasteiger partial charge >= 0.3 is 0 Å². The molecule has 1 amide bonds. The summed E-state index contributed by atoms with van der Waals surface area (Å²) in [6.07, 6.45) is 6.70. The maximum absolute atomic E-state index is 13.2. The number of hydrogen-bond acceptors (Lipinski definition) is 6. The van der Waals surface area contributed by atoms with Gasteiger partial charge in [-0.25, -0.2) is 13.4 Å². The molecule has 0 radical (unpaired) electrons. The summed E-state index contributed by atoms with van der Waals surface area (Å²) in [4.78, 5) is 27.2. The van der Waals surface area contributed by atoms with Gasteiger partial charge in [-0.2, -0.15) is 4.31 Å². The van der Waals surface area contributed by atoms with Crippen LogP contribution in [-0.2, 0) is 15.8 Å². The molecule has 4 heterocycles. The number of piperazine rings is 1. The number of hydrogen-bond donors (Lipinski definition) is 1. The zero-order chi connectivity index (χ0) is 23.5. The fraction of sp³-hybridized carbons (Fsp3) is 0.208. The van der Waals surface area contributed by atoms with Crippen molar-refractivity contribution in [3.8, 4) is 0 Å². The second-order valence-electron chi connectivity index (χ2n) is 7.92. The molecule has 1 aliphatic rings. The number of benzene rings is 1. The summed E-state index contributed by atoms with van der Waals surface area (Å²) in [5.74, 6) is 0.724. The highest BCUT2D eigenvalue weighted by Gasteiger charge is 2.32. The largest absolute Gasteiger partial charge is 0.345 e. The lowest BCUT2D eigenvalue weighted by Gasteiger charge is -2.34. The van der Waals surface area contributed by atoms with Gasteiger partial charge in [0.1, 0.15) is 10.5 Å². The van der Waals surface area contributed by atoms with E-state index in [0.29, 0.717) is 29.7 Å². The fourth-order valence-electron chi connectivity index (χ4n) is 3.94. The van der Waals surface area contributed by atoms with Crippen LogP contribution in [0.3, 0.4) is 0 Å². The SMILES string of the molecule is O=C(c1ccc(SCc2cccnc2)cc1)N1CCN(S(=O)(=O)c2c[nH]c3ncccc23)CC1. The summed E-state index contributed by atoms with van der Waals surface area (Å²) in [5.41, 5.74) is 2.28. The molecular formula is C24H23N5O3S2. The van der Waals surface area contributed by atoms with Crippen LogP contribution in [0, 0.1) is 0 Å². The minimum Gasteiger partial charge on any atom is -0.345 e. The van der Waals surface area contributed by atoms with E-state index in [0.717, 1.165) is 16.2 Å². The molecule has 1 N–H and O–H groups in total. The molecule has 0 saturated carbocycles. The van der Waals surface area contributed by atoms with Crippen LogP contribution < -0.4 is 0 Å². The van der Waals surface area contributed by atoms with Crippen LogP contribution >= 0.6 is 11.8 Å². The first-order valence-electron chi connectivity index (χ1n) is 10.9. The molecule has 34 heavy (non-hydrogen) atoms. The molecule has 1 aliphatic heterocycles. The van der Waals surface area contributed by atoms with E-state index in [1.54, 1.807) is 41.2 Å². The quantitative estimate of drug-likeness (QED) is 0.414. The molecule has 1 saturated heterocycles. The van der Waals surface area contributed by atoms with Gasteiger partial charge in [-0.3, -0.25) is 9.78 Å². The zero-order valence-electron chi connectivity index (χ0n) is 18.3. The molecule has 5 rings (SSSR count). The second-order valence-corrected chi connectivity index (χ2v) is 10.9. The molecule has 1 aromatic carbocycles. The number of carbonyl (C=O) groups excluding carboxylic acids is 1. The summed E-state index contributed by atoms with van der Waals surface area (Å²) in [5, 5.41) is 0.572. The van der Waals surface area contributed by atoms with Crippen molar-refractivity contribution < 1.29 is 13.2 Å². The van der Waals surface area contributed by atoms with E-state index >= 15 is 0 Å². The van der Waals surface area contributed by atoms with Gasteiger partial charge in [0.05, 0.1) is 0 Å². The molecule has 0 atom stereocenters. The lowest BCUT2D eigenvalue weighted by Crippen LogP contribution is -2.50. The van der Waals surface area contributed by atoms with Crippen LogP contribution in [0.25, 0.3) is 11.0 Å². The number of sulfonamides is 1. The standard InChI is InChI=1S/C24H23N5O3S2/c30-24(19-5-7-20(8-6-19)33-17-18-3-1-9-25-15-18)28-11-13-29(14-12-28)34(31,32)22-16-27-23-21(22)4-2-10-26-23/h1-10,15-16H,11-14,17H2,(H,26,27). The van der Waals surface area contributed by atoms with E-state index in [-0.39, 0.29) is 23.9 Å². The molecule has 10 heteroatoms. The normalized spacial score (nSPS) is 15.0. The van der Waals surface area contributed by atoms with Gasteiger partial charge < -0.3 is 9.88 Å². The third kappa shape index (κ3) is 4.56. The van der Waals surface area contributed by atoms with Gasteiger partial charge in [0.15, 0.2) is 0 Å². The molecule has 0 unspecified atom stereocenters. The van der Waals surface area contributed by atoms with Crippen molar-refractivity contribution >= 4 is 38.7 Å². The zero-order valence-corrected chi connectivity index (χ0v) is 19.9. The minimum atomic E-state index is -3.68. The Hall–Kier alpha value is -3.21. The molecular weight excluding hydrogens is 470 g/mol. The summed E-state index contributed by atoms with van der Waals surface area (Å²) in [6.45, 7) is 1.19. The number of aromatic nitrogens is 3. The van der Waals surface area contributed by atoms with Crippen LogP contribution in [0.1, 0.15) is 15.9 Å². The smallest absolute Gasteiger partial charge is 0.253 e. The average molecular weight is 494 g/mol. The first kappa shape index (κ1) is 22.6. The highest BCUT2D eigenvalue weighted by molar-refractivity contribution is 7.98. The number of amides is 1. The Labute approximate surface area is 202 Å². The number of rotatable bonds is 6. The first-order chi connectivity index (χ1) is 16.5. The Balaban J connectivity index is 1.20. The maximum atomic E-state index is 13.2. The Morgan fingerprint density at radius 1 is 1.00 bits per heavy atom. The molecule has 0 spiro atoms. The van der Waals surface area contributed by atoms with Gasteiger partial charge in [-0.1, -0.05) is 6.07 Å². The van der Waals surface area contributed by atoms with Crippen LogP contribution in [0.4, 0.5) is 0 Å². The first-order valence-corrected chi connectivity index (χ1v) is 13.3. The summed E-state index contributed by atoms with van der Waals surface area (Å²) in [6, 6.07) is 15.0. The monoisotopic (exact) mass is 493 g/mol. The molecule has 0 aliphatic carbocycles. The van der Waals surface area contributed by atoms with Crippen molar-refractivity contribution in [3.05, 3.63) is 84.4 Å². The number of carbonyl (C=O) groups is 1. The second kappa shape index (κ2) is 9.57. The van der Waals surface area contributed by atoms with Gasteiger partial charge in [0, 0.05) is 72.6 Å². The highest BCUT2D eigenvalue weighted by Crippen LogP contribution is 2.26. The molecule has 3 aromatic heterocycles. The number of fused-ring (bicyclic) bond motifs is 1. The van der Waals surface area contributed by atoms with E-state index in [2.05, 4.69) is 15.0 Å². The summed E-state index contributed by atoms with van der Waals surface area (Å²) in [7, 11) is -3.68. The van der Waals surface area contributed by atoms with Crippen LogP contribution in [0.5, 0.6) is 0 Å². The number of H-pyrrole nitrogens is 1. The number of thioether (sulfide) groups is 1. The van der Waals surface area contributed by atoms with Crippen molar-refractivity contribution in [2.24, 2.45) is 0 Å².